The minimum absolute atomic E-state index is 0.0118. The number of hydrogen-bond acceptors (Lipinski definition) is 5. The Labute approximate surface area is 160 Å². The molecule has 0 saturated carbocycles. The molecule has 1 aliphatic rings. The molecule has 152 valence electrons. The SMILES string of the molecule is CCNC(=O)CCC(C)(C)OCC(C)(C)NC(=O)CCN1C(=O)C=CC1=O. The average molecular weight is 381 g/mol. The van der Waals surface area contributed by atoms with Gasteiger partial charge in [0.25, 0.3) is 11.8 Å². The van der Waals surface area contributed by atoms with E-state index in [0.717, 1.165) is 4.90 Å². The van der Waals surface area contributed by atoms with E-state index in [0.29, 0.717) is 19.4 Å². The predicted octanol–water partition coefficient (Wildman–Crippen LogP) is 0.908. The van der Waals surface area contributed by atoms with E-state index in [1.165, 1.54) is 12.2 Å². The molecule has 0 radical (unpaired) electrons. The Morgan fingerprint density at radius 3 is 2.19 bits per heavy atom. The number of carbonyl (C=O) groups is 4. The van der Waals surface area contributed by atoms with Crippen molar-refractivity contribution in [1.82, 2.24) is 15.5 Å². The summed E-state index contributed by atoms with van der Waals surface area (Å²) in [6.45, 7) is 10.3. The van der Waals surface area contributed by atoms with E-state index in [1.807, 2.05) is 34.6 Å². The second-order valence-corrected chi connectivity index (χ2v) is 7.85. The van der Waals surface area contributed by atoms with Crippen molar-refractivity contribution in [1.29, 1.82) is 0 Å². The number of nitrogens with zero attached hydrogens (tertiary/aromatic N) is 1. The number of rotatable bonds is 11. The van der Waals surface area contributed by atoms with E-state index in [2.05, 4.69) is 10.6 Å². The fraction of sp³-hybridized carbons (Fsp3) is 0.684. The lowest BCUT2D eigenvalue weighted by molar-refractivity contribution is -0.137. The fourth-order valence-electron chi connectivity index (χ4n) is 2.49. The smallest absolute Gasteiger partial charge is 0.253 e. The highest BCUT2D eigenvalue weighted by Gasteiger charge is 2.28. The van der Waals surface area contributed by atoms with Crippen LogP contribution in [0.2, 0.25) is 0 Å². The standard InChI is InChI=1S/C19H31N3O5/c1-6-20-14(23)9-11-19(4,5)27-13-18(2,3)21-15(24)10-12-22-16(25)7-8-17(22)26/h7-8H,6,9-13H2,1-5H3,(H,20,23)(H,21,24). The number of nitrogens with one attached hydrogen (secondary N) is 2. The van der Waals surface area contributed by atoms with E-state index in [1.54, 1.807) is 0 Å². The highest BCUT2D eigenvalue weighted by atomic mass is 16.5. The lowest BCUT2D eigenvalue weighted by Crippen LogP contribution is -2.49. The minimum Gasteiger partial charge on any atom is -0.373 e. The Bertz CT molecular complexity index is 592. The number of hydrogen-bond donors (Lipinski definition) is 2. The van der Waals surface area contributed by atoms with Crippen LogP contribution in [-0.4, -0.2) is 59.4 Å². The summed E-state index contributed by atoms with van der Waals surface area (Å²) in [4.78, 5) is 47.7. The van der Waals surface area contributed by atoms with Gasteiger partial charge < -0.3 is 15.4 Å². The van der Waals surface area contributed by atoms with Crippen LogP contribution in [0, 0.1) is 0 Å². The van der Waals surface area contributed by atoms with Gasteiger partial charge in [-0.3, -0.25) is 24.1 Å². The maximum absolute atomic E-state index is 12.2. The van der Waals surface area contributed by atoms with Crippen LogP contribution in [0.1, 0.15) is 53.9 Å². The molecular weight excluding hydrogens is 350 g/mol. The molecule has 1 aliphatic heterocycles. The third kappa shape index (κ3) is 8.34. The van der Waals surface area contributed by atoms with Crippen LogP contribution in [-0.2, 0) is 23.9 Å². The van der Waals surface area contributed by atoms with Crippen LogP contribution in [0.25, 0.3) is 0 Å². The van der Waals surface area contributed by atoms with E-state index < -0.39 is 23.0 Å². The van der Waals surface area contributed by atoms with Crippen molar-refractivity contribution in [3.8, 4) is 0 Å². The normalized spacial score (nSPS) is 14.6. The van der Waals surface area contributed by atoms with Gasteiger partial charge in [0.1, 0.15) is 0 Å². The predicted molar refractivity (Wildman–Crippen MR) is 101 cm³/mol. The van der Waals surface area contributed by atoms with Crippen LogP contribution >= 0.6 is 0 Å². The summed E-state index contributed by atoms with van der Waals surface area (Å²) in [6, 6.07) is 0. The third-order valence-electron chi connectivity index (χ3n) is 4.09. The average Bonchev–Trinajstić information content (AvgIpc) is 2.88. The van der Waals surface area contributed by atoms with Crippen molar-refractivity contribution in [2.75, 3.05) is 19.7 Å². The summed E-state index contributed by atoms with van der Waals surface area (Å²) >= 11 is 0. The first kappa shape index (κ1) is 22.8. The molecule has 1 rings (SSSR count). The summed E-state index contributed by atoms with van der Waals surface area (Å²) in [5, 5.41) is 5.61. The van der Waals surface area contributed by atoms with Crippen LogP contribution in [0.4, 0.5) is 0 Å². The maximum atomic E-state index is 12.2. The highest BCUT2D eigenvalue weighted by molar-refractivity contribution is 6.13. The van der Waals surface area contributed by atoms with Crippen molar-refractivity contribution in [2.24, 2.45) is 0 Å². The van der Waals surface area contributed by atoms with E-state index >= 15 is 0 Å². The quantitative estimate of drug-likeness (QED) is 0.518. The molecule has 0 aromatic rings. The third-order valence-corrected chi connectivity index (χ3v) is 4.09. The monoisotopic (exact) mass is 381 g/mol. The van der Waals surface area contributed by atoms with Crippen LogP contribution in [0.3, 0.4) is 0 Å². The van der Waals surface area contributed by atoms with E-state index in [9.17, 15) is 19.2 Å². The summed E-state index contributed by atoms with van der Waals surface area (Å²) < 4.78 is 5.91. The van der Waals surface area contributed by atoms with Gasteiger partial charge in [-0.1, -0.05) is 0 Å². The molecule has 0 unspecified atom stereocenters. The number of amides is 4. The molecule has 8 heteroatoms. The van der Waals surface area contributed by atoms with Gasteiger partial charge in [-0.25, -0.2) is 0 Å². The lowest BCUT2D eigenvalue weighted by atomic mass is 10.0. The molecular formula is C19H31N3O5. The fourth-order valence-corrected chi connectivity index (χ4v) is 2.49. The van der Waals surface area contributed by atoms with Crippen LogP contribution < -0.4 is 10.6 Å². The van der Waals surface area contributed by atoms with Crippen LogP contribution in [0.5, 0.6) is 0 Å². The Morgan fingerprint density at radius 2 is 1.63 bits per heavy atom. The van der Waals surface area contributed by atoms with Gasteiger partial charge in [0.2, 0.25) is 11.8 Å². The summed E-state index contributed by atoms with van der Waals surface area (Å²) in [5.74, 6) is -1.08. The zero-order valence-electron chi connectivity index (χ0n) is 16.9. The Kier molecular flexibility index (Phi) is 8.15. The first-order valence-electron chi connectivity index (χ1n) is 9.21. The first-order chi connectivity index (χ1) is 12.5. The Balaban J connectivity index is 2.38. The molecule has 8 nitrogen and oxygen atoms in total. The largest absolute Gasteiger partial charge is 0.373 e. The number of carbonyl (C=O) groups excluding carboxylic acids is 4. The maximum Gasteiger partial charge on any atom is 0.253 e. The van der Waals surface area contributed by atoms with Crippen LogP contribution in [0.15, 0.2) is 12.2 Å². The van der Waals surface area contributed by atoms with Crippen molar-refractivity contribution in [3.05, 3.63) is 12.2 Å². The summed E-state index contributed by atoms with van der Waals surface area (Å²) in [5.41, 5.74) is -1.13. The zero-order chi connectivity index (χ0) is 20.7. The molecule has 0 aliphatic carbocycles. The van der Waals surface area contributed by atoms with Gasteiger partial charge in [0.15, 0.2) is 0 Å². The minimum atomic E-state index is -0.628. The topological polar surface area (TPSA) is 105 Å². The molecule has 4 amide bonds. The van der Waals surface area contributed by atoms with Gasteiger partial charge in [0, 0.05) is 38.1 Å². The molecule has 0 aromatic heterocycles. The lowest BCUT2D eigenvalue weighted by Gasteiger charge is -2.32. The van der Waals surface area contributed by atoms with E-state index in [-0.39, 0.29) is 31.4 Å². The number of ether oxygens (including phenoxy) is 1. The van der Waals surface area contributed by atoms with Crippen molar-refractivity contribution in [3.63, 3.8) is 0 Å². The molecule has 0 atom stereocenters. The molecule has 1 heterocycles. The molecule has 0 bridgehead atoms. The first-order valence-corrected chi connectivity index (χ1v) is 9.21. The van der Waals surface area contributed by atoms with Gasteiger partial charge in [0.05, 0.1) is 17.7 Å². The number of imide groups is 1. The zero-order valence-corrected chi connectivity index (χ0v) is 16.9. The molecule has 0 aromatic carbocycles. The summed E-state index contributed by atoms with van der Waals surface area (Å²) in [6.07, 6.45) is 3.36. The molecule has 0 fully saturated rings. The van der Waals surface area contributed by atoms with Crippen molar-refractivity contribution < 1.29 is 23.9 Å². The molecule has 0 spiro atoms. The van der Waals surface area contributed by atoms with Gasteiger partial charge in [-0.15, -0.1) is 0 Å². The second kappa shape index (κ2) is 9.64. The van der Waals surface area contributed by atoms with Crippen molar-refractivity contribution in [2.45, 2.75) is 65.0 Å². The highest BCUT2D eigenvalue weighted by Crippen LogP contribution is 2.19. The Morgan fingerprint density at radius 1 is 1.04 bits per heavy atom. The van der Waals surface area contributed by atoms with Gasteiger partial charge in [-0.05, 0) is 41.0 Å². The summed E-state index contributed by atoms with van der Waals surface area (Å²) in [7, 11) is 0. The second-order valence-electron chi connectivity index (χ2n) is 7.85. The molecule has 27 heavy (non-hydrogen) atoms. The van der Waals surface area contributed by atoms with Crippen molar-refractivity contribution >= 4 is 23.6 Å². The van der Waals surface area contributed by atoms with Gasteiger partial charge >= 0.3 is 0 Å². The molecule has 2 N–H and O–H groups in total. The van der Waals surface area contributed by atoms with E-state index in [4.69, 9.17) is 4.74 Å². The van der Waals surface area contributed by atoms with Gasteiger partial charge in [-0.2, -0.15) is 0 Å². The molecule has 0 saturated heterocycles. The Hall–Kier alpha value is -2.22.